The molecule has 1 aliphatic rings. The Kier molecular flexibility index (Phi) is 5.84. The molecule has 1 aromatic carbocycles. The van der Waals surface area contributed by atoms with E-state index in [0.717, 1.165) is 24.1 Å². The lowest BCUT2D eigenvalue weighted by molar-refractivity contribution is -0.139. The van der Waals surface area contributed by atoms with Gasteiger partial charge in [-0.1, -0.05) is 25.5 Å². The first kappa shape index (κ1) is 17.8. The monoisotopic (exact) mass is 331 g/mol. The third kappa shape index (κ3) is 4.07. The number of hydrogen-bond acceptors (Lipinski definition) is 4. The average molecular weight is 331 g/mol. The molecule has 0 saturated carbocycles. The molecule has 1 atom stereocenters. The van der Waals surface area contributed by atoms with Crippen molar-refractivity contribution in [2.45, 2.75) is 32.7 Å². The molecule has 0 bridgehead atoms. The van der Waals surface area contributed by atoms with Crippen LogP contribution in [0.5, 0.6) is 0 Å². The fourth-order valence-corrected chi connectivity index (χ4v) is 2.57. The van der Waals surface area contributed by atoms with E-state index in [-0.39, 0.29) is 6.03 Å². The summed E-state index contributed by atoms with van der Waals surface area (Å²) in [6.07, 6.45) is 1.77. The Morgan fingerprint density at radius 3 is 2.50 bits per heavy atom. The summed E-state index contributed by atoms with van der Waals surface area (Å²) in [6, 6.07) is 6.91. The molecule has 2 rings (SSSR count). The van der Waals surface area contributed by atoms with Crippen LogP contribution in [0.2, 0.25) is 0 Å². The second-order valence-electron chi connectivity index (χ2n) is 6.05. The van der Waals surface area contributed by atoms with Gasteiger partial charge in [-0.3, -0.25) is 0 Å². The number of ether oxygens (including phenoxy) is 1. The van der Waals surface area contributed by atoms with Crippen LogP contribution in [0.1, 0.15) is 38.3 Å². The molecule has 0 fully saturated rings. The van der Waals surface area contributed by atoms with Gasteiger partial charge < -0.3 is 20.3 Å². The van der Waals surface area contributed by atoms with Crippen LogP contribution in [0.3, 0.4) is 0 Å². The van der Waals surface area contributed by atoms with Crippen molar-refractivity contribution in [3.05, 3.63) is 41.1 Å². The molecule has 6 heteroatoms. The molecular formula is C18H25N3O3. The summed E-state index contributed by atoms with van der Waals surface area (Å²) in [4.78, 5) is 26.3. The Morgan fingerprint density at radius 2 is 1.92 bits per heavy atom. The van der Waals surface area contributed by atoms with Crippen LogP contribution < -0.4 is 15.5 Å². The topological polar surface area (TPSA) is 70.7 Å². The maximum atomic E-state index is 12.5. The van der Waals surface area contributed by atoms with Crippen molar-refractivity contribution in [2.75, 3.05) is 25.6 Å². The minimum absolute atomic E-state index is 0.320. The predicted molar refractivity (Wildman–Crippen MR) is 93.7 cm³/mol. The van der Waals surface area contributed by atoms with Gasteiger partial charge in [-0.05, 0) is 31.0 Å². The van der Waals surface area contributed by atoms with E-state index in [1.54, 1.807) is 6.92 Å². The zero-order valence-electron chi connectivity index (χ0n) is 14.7. The van der Waals surface area contributed by atoms with E-state index in [9.17, 15) is 9.59 Å². The molecule has 1 aromatic rings. The Balaban J connectivity index is 2.28. The van der Waals surface area contributed by atoms with Crippen LogP contribution in [-0.4, -0.2) is 32.7 Å². The highest BCUT2D eigenvalue weighted by Crippen LogP contribution is 2.28. The maximum Gasteiger partial charge on any atom is 0.338 e. The van der Waals surface area contributed by atoms with Crippen molar-refractivity contribution in [1.82, 2.24) is 10.6 Å². The Hall–Kier alpha value is -2.50. The maximum absolute atomic E-state index is 12.5. The van der Waals surface area contributed by atoms with Crippen LogP contribution >= 0.6 is 0 Å². The SMILES string of the molecule is CCCCOC(=O)C1=C(C)NC(=O)N[C@@H]1c1ccc(N(C)C)cc1. The number of carbonyl (C=O) groups excluding carboxylic acids is 2. The Labute approximate surface area is 142 Å². The highest BCUT2D eigenvalue weighted by Gasteiger charge is 2.32. The van der Waals surface area contributed by atoms with Crippen molar-refractivity contribution in [3.63, 3.8) is 0 Å². The molecule has 0 radical (unpaired) electrons. The lowest BCUT2D eigenvalue weighted by Gasteiger charge is -2.28. The molecule has 2 amide bonds. The number of benzene rings is 1. The molecule has 1 aliphatic heterocycles. The van der Waals surface area contributed by atoms with E-state index in [4.69, 9.17) is 4.74 Å². The van der Waals surface area contributed by atoms with Gasteiger partial charge in [0.15, 0.2) is 0 Å². The lowest BCUT2D eigenvalue weighted by Crippen LogP contribution is -2.45. The van der Waals surface area contributed by atoms with Crippen LogP contribution in [-0.2, 0) is 9.53 Å². The summed E-state index contributed by atoms with van der Waals surface area (Å²) in [7, 11) is 3.92. The van der Waals surface area contributed by atoms with E-state index in [1.165, 1.54) is 0 Å². The summed E-state index contributed by atoms with van der Waals surface area (Å²) < 4.78 is 5.34. The first-order valence-corrected chi connectivity index (χ1v) is 8.16. The van der Waals surface area contributed by atoms with Gasteiger partial charge in [-0.15, -0.1) is 0 Å². The third-order valence-electron chi connectivity index (χ3n) is 3.96. The van der Waals surface area contributed by atoms with E-state index in [1.807, 2.05) is 50.2 Å². The van der Waals surface area contributed by atoms with Crippen LogP contribution in [0.15, 0.2) is 35.5 Å². The fraction of sp³-hybridized carbons (Fsp3) is 0.444. The lowest BCUT2D eigenvalue weighted by atomic mass is 9.95. The van der Waals surface area contributed by atoms with Gasteiger partial charge in [-0.25, -0.2) is 9.59 Å². The average Bonchev–Trinajstić information content (AvgIpc) is 2.54. The predicted octanol–water partition coefficient (Wildman–Crippen LogP) is 2.72. The number of carbonyl (C=O) groups is 2. The largest absolute Gasteiger partial charge is 0.462 e. The molecule has 2 N–H and O–H groups in total. The molecule has 0 saturated heterocycles. The minimum Gasteiger partial charge on any atom is -0.462 e. The second kappa shape index (κ2) is 7.86. The van der Waals surface area contributed by atoms with E-state index < -0.39 is 12.0 Å². The zero-order chi connectivity index (χ0) is 17.7. The molecule has 0 unspecified atom stereocenters. The summed E-state index contributed by atoms with van der Waals surface area (Å²) in [5.74, 6) is -0.393. The number of amides is 2. The number of rotatable bonds is 6. The number of urea groups is 1. The van der Waals surface area contributed by atoms with Crippen LogP contribution in [0, 0.1) is 0 Å². The number of anilines is 1. The molecule has 1 heterocycles. The first-order valence-electron chi connectivity index (χ1n) is 8.16. The summed E-state index contributed by atoms with van der Waals surface area (Å²) >= 11 is 0. The normalized spacial score (nSPS) is 17.2. The van der Waals surface area contributed by atoms with Gasteiger partial charge in [0.25, 0.3) is 0 Å². The van der Waals surface area contributed by atoms with Crippen LogP contribution in [0.25, 0.3) is 0 Å². The quantitative estimate of drug-likeness (QED) is 0.621. The molecule has 0 aliphatic carbocycles. The van der Waals surface area contributed by atoms with E-state index >= 15 is 0 Å². The van der Waals surface area contributed by atoms with E-state index in [2.05, 4.69) is 10.6 Å². The minimum atomic E-state index is -0.510. The number of nitrogens with one attached hydrogen (secondary N) is 2. The highest BCUT2D eigenvalue weighted by molar-refractivity contribution is 5.95. The summed E-state index contributed by atoms with van der Waals surface area (Å²) in [6.45, 7) is 4.14. The number of nitrogens with zero attached hydrogens (tertiary/aromatic N) is 1. The number of esters is 1. The van der Waals surface area contributed by atoms with Crippen molar-refractivity contribution < 1.29 is 14.3 Å². The van der Waals surface area contributed by atoms with Gasteiger partial charge in [0.1, 0.15) is 0 Å². The molecule has 130 valence electrons. The van der Waals surface area contributed by atoms with Crippen molar-refractivity contribution in [3.8, 4) is 0 Å². The van der Waals surface area contributed by atoms with E-state index in [0.29, 0.717) is 17.9 Å². The van der Waals surface area contributed by atoms with Gasteiger partial charge in [0.2, 0.25) is 0 Å². The fourth-order valence-electron chi connectivity index (χ4n) is 2.57. The van der Waals surface area contributed by atoms with Crippen molar-refractivity contribution >= 4 is 17.7 Å². The third-order valence-corrected chi connectivity index (χ3v) is 3.96. The number of allylic oxidation sites excluding steroid dienone is 1. The van der Waals surface area contributed by atoms with Gasteiger partial charge in [0.05, 0.1) is 18.2 Å². The van der Waals surface area contributed by atoms with Crippen molar-refractivity contribution in [1.29, 1.82) is 0 Å². The Morgan fingerprint density at radius 1 is 1.25 bits per heavy atom. The number of unbranched alkanes of at least 4 members (excludes halogenated alkanes) is 1. The number of hydrogen-bond donors (Lipinski definition) is 2. The molecule has 0 aromatic heterocycles. The first-order chi connectivity index (χ1) is 11.4. The molecular weight excluding hydrogens is 306 g/mol. The zero-order valence-corrected chi connectivity index (χ0v) is 14.7. The van der Waals surface area contributed by atoms with Crippen LogP contribution in [0.4, 0.5) is 10.5 Å². The molecule has 24 heavy (non-hydrogen) atoms. The smallest absolute Gasteiger partial charge is 0.338 e. The molecule has 6 nitrogen and oxygen atoms in total. The summed E-state index contributed by atoms with van der Waals surface area (Å²) in [5, 5.41) is 5.46. The summed E-state index contributed by atoms with van der Waals surface area (Å²) in [5.41, 5.74) is 2.87. The highest BCUT2D eigenvalue weighted by atomic mass is 16.5. The second-order valence-corrected chi connectivity index (χ2v) is 6.05. The van der Waals surface area contributed by atoms with Gasteiger partial charge in [-0.2, -0.15) is 0 Å². The van der Waals surface area contributed by atoms with Gasteiger partial charge in [0, 0.05) is 25.5 Å². The van der Waals surface area contributed by atoms with Gasteiger partial charge >= 0.3 is 12.0 Å². The molecule has 0 spiro atoms. The standard InChI is InChI=1S/C18H25N3O3/c1-5-6-11-24-17(22)15-12(2)19-18(23)20-16(15)13-7-9-14(10-8-13)21(3)4/h7-10,16H,5-6,11H2,1-4H3,(H2,19,20,23)/t16-/m1/s1. The Bertz CT molecular complexity index is 635. The van der Waals surface area contributed by atoms with Crippen molar-refractivity contribution in [2.24, 2.45) is 0 Å².